The summed E-state index contributed by atoms with van der Waals surface area (Å²) in [5.74, 6) is -0.825. The monoisotopic (exact) mass is 457 g/mol. The summed E-state index contributed by atoms with van der Waals surface area (Å²) in [5.41, 5.74) is 0.627. The molecule has 0 saturated heterocycles. The van der Waals surface area contributed by atoms with Crippen LogP contribution in [-0.4, -0.2) is 74.7 Å². The zero-order valence-electron chi connectivity index (χ0n) is 19.8. The van der Waals surface area contributed by atoms with E-state index in [1.807, 2.05) is 7.05 Å². The average molecular weight is 458 g/mol. The van der Waals surface area contributed by atoms with Crippen LogP contribution in [0, 0.1) is 11.7 Å². The van der Waals surface area contributed by atoms with Crippen LogP contribution >= 0.6 is 0 Å². The van der Waals surface area contributed by atoms with Crippen LogP contribution in [0.5, 0.6) is 5.75 Å². The van der Waals surface area contributed by atoms with Crippen molar-refractivity contribution in [3.8, 4) is 5.75 Å². The first kappa shape index (κ1) is 24.7. The third-order valence-electron chi connectivity index (χ3n) is 6.13. The van der Waals surface area contributed by atoms with Crippen LogP contribution in [-0.2, 0) is 4.74 Å². The van der Waals surface area contributed by atoms with Gasteiger partial charge in [-0.1, -0.05) is 19.1 Å². The van der Waals surface area contributed by atoms with Crippen molar-refractivity contribution < 1.29 is 23.5 Å². The second-order valence-electron chi connectivity index (χ2n) is 8.68. The molecule has 0 spiro atoms. The standard InChI is InChI=1S/C25H32FN3O4/c1-16-13-28(3)17(2)15-33-22-11-10-18(27-24(30)19-8-6-7-9-21(19)26)12-20(22)25(31)29(4)14-23(16)32-5/h6-12,16-17,23H,13-15H2,1-5H3,(H,27,30)/t16-,17-,23+/m0/s1. The molecule has 0 saturated carbocycles. The number of nitrogens with zero attached hydrogens (tertiary/aromatic N) is 2. The van der Waals surface area contributed by atoms with E-state index >= 15 is 0 Å². The normalized spacial score (nSPS) is 22.5. The van der Waals surface area contributed by atoms with Gasteiger partial charge in [-0.25, -0.2) is 4.39 Å². The smallest absolute Gasteiger partial charge is 0.258 e. The molecule has 3 atom stereocenters. The van der Waals surface area contributed by atoms with Crippen molar-refractivity contribution >= 4 is 17.5 Å². The number of rotatable bonds is 3. The summed E-state index contributed by atoms with van der Waals surface area (Å²) < 4.78 is 25.7. The first-order valence-corrected chi connectivity index (χ1v) is 11.0. The van der Waals surface area contributed by atoms with Gasteiger partial charge >= 0.3 is 0 Å². The van der Waals surface area contributed by atoms with Crippen LogP contribution in [0.25, 0.3) is 0 Å². The van der Waals surface area contributed by atoms with Gasteiger partial charge in [-0.05, 0) is 50.2 Å². The van der Waals surface area contributed by atoms with Gasteiger partial charge in [0.15, 0.2) is 0 Å². The quantitative estimate of drug-likeness (QED) is 0.764. The Morgan fingerprint density at radius 2 is 1.88 bits per heavy atom. The number of methoxy groups -OCH3 is 1. The molecule has 2 aromatic carbocycles. The number of halogens is 1. The zero-order valence-corrected chi connectivity index (χ0v) is 19.8. The Morgan fingerprint density at radius 1 is 1.15 bits per heavy atom. The van der Waals surface area contributed by atoms with E-state index in [1.165, 1.54) is 18.2 Å². The molecule has 33 heavy (non-hydrogen) atoms. The number of ether oxygens (including phenoxy) is 2. The Morgan fingerprint density at radius 3 is 2.58 bits per heavy atom. The van der Waals surface area contributed by atoms with Gasteiger partial charge in [-0.15, -0.1) is 0 Å². The van der Waals surface area contributed by atoms with Crippen molar-refractivity contribution in [2.45, 2.75) is 26.0 Å². The maximum absolute atomic E-state index is 14.0. The van der Waals surface area contributed by atoms with Crippen LogP contribution in [0.1, 0.15) is 34.6 Å². The van der Waals surface area contributed by atoms with Crippen molar-refractivity contribution in [1.29, 1.82) is 0 Å². The molecule has 8 heteroatoms. The summed E-state index contributed by atoms with van der Waals surface area (Å²) in [6.45, 7) is 5.78. The van der Waals surface area contributed by atoms with Gasteiger partial charge in [0.25, 0.3) is 11.8 Å². The molecule has 3 rings (SSSR count). The van der Waals surface area contributed by atoms with Gasteiger partial charge in [0.1, 0.15) is 18.2 Å². The Balaban J connectivity index is 1.92. The van der Waals surface area contributed by atoms with Gasteiger partial charge in [-0.2, -0.15) is 0 Å². The summed E-state index contributed by atoms with van der Waals surface area (Å²) in [6.07, 6.45) is -0.138. The fourth-order valence-corrected chi connectivity index (χ4v) is 3.88. The van der Waals surface area contributed by atoms with Crippen LogP contribution in [0.4, 0.5) is 10.1 Å². The number of fused-ring (bicyclic) bond motifs is 1. The summed E-state index contributed by atoms with van der Waals surface area (Å²) in [4.78, 5) is 29.7. The number of likely N-dealkylation sites (N-methyl/N-ethyl adjacent to an activating group) is 2. The molecule has 0 aromatic heterocycles. The summed E-state index contributed by atoms with van der Waals surface area (Å²) in [6, 6.07) is 10.7. The van der Waals surface area contributed by atoms with Crippen LogP contribution in [0.2, 0.25) is 0 Å². The molecule has 0 unspecified atom stereocenters. The molecule has 1 aliphatic rings. The van der Waals surface area contributed by atoms with Gasteiger partial charge < -0.3 is 19.7 Å². The highest BCUT2D eigenvalue weighted by molar-refractivity contribution is 6.05. The number of anilines is 1. The summed E-state index contributed by atoms with van der Waals surface area (Å²) in [7, 11) is 5.41. The van der Waals surface area contributed by atoms with E-state index in [-0.39, 0.29) is 29.5 Å². The SMILES string of the molecule is CO[C@@H]1CN(C)C(=O)c2cc(NC(=O)c3ccccc3F)ccc2OC[C@H](C)N(C)C[C@@H]1C. The minimum Gasteiger partial charge on any atom is -0.491 e. The molecule has 2 aromatic rings. The number of benzene rings is 2. The molecule has 0 bridgehead atoms. The number of hydrogen-bond donors (Lipinski definition) is 1. The lowest BCUT2D eigenvalue weighted by Gasteiger charge is -2.34. The molecule has 178 valence electrons. The fraction of sp³-hybridized carbons (Fsp3) is 0.440. The van der Waals surface area contributed by atoms with Crippen molar-refractivity contribution in [3.05, 3.63) is 59.4 Å². The van der Waals surface area contributed by atoms with E-state index < -0.39 is 11.7 Å². The van der Waals surface area contributed by atoms with Gasteiger partial charge in [0, 0.05) is 39.0 Å². The van der Waals surface area contributed by atoms with Gasteiger partial charge in [-0.3, -0.25) is 14.5 Å². The predicted octanol–water partition coefficient (Wildman–Crippen LogP) is 3.51. The molecular weight excluding hydrogens is 425 g/mol. The summed E-state index contributed by atoms with van der Waals surface area (Å²) >= 11 is 0. The zero-order chi connectivity index (χ0) is 24.1. The minimum absolute atomic E-state index is 0.0706. The predicted molar refractivity (Wildman–Crippen MR) is 125 cm³/mol. The topological polar surface area (TPSA) is 71.1 Å². The first-order chi connectivity index (χ1) is 15.7. The lowest BCUT2D eigenvalue weighted by molar-refractivity contribution is 0.0150. The highest BCUT2D eigenvalue weighted by atomic mass is 19.1. The fourth-order valence-electron chi connectivity index (χ4n) is 3.88. The van der Waals surface area contributed by atoms with Crippen LogP contribution < -0.4 is 10.1 Å². The largest absolute Gasteiger partial charge is 0.491 e. The van der Waals surface area contributed by atoms with Gasteiger partial charge in [0.2, 0.25) is 0 Å². The molecule has 7 nitrogen and oxygen atoms in total. The lowest BCUT2D eigenvalue weighted by atomic mass is 10.0. The van der Waals surface area contributed by atoms with Crippen molar-refractivity contribution in [2.24, 2.45) is 5.92 Å². The molecule has 1 heterocycles. The first-order valence-electron chi connectivity index (χ1n) is 11.0. The lowest BCUT2D eigenvalue weighted by Crippen LogP contribution is -2.45. The molecule has 0 aliphatic carbocycles. The average Bonchev–Trinajstić information content (AvgIpc) is 2.80. The third-order valence-corrected chi connectivity index (χ3v) is 6.13. The Kier molecular flexibility index (Phi) is 8.05. The molecule has 0 radical (unpaired) electrons. The highest BCUT2D eigenvalue weighted by Gasteiger charge is 2.27. The number of carbonyl (C=O) groups excluding carboxylic acids is 2. The molecule has 0 fully saturated rings. The second kappa shape index (κ2) is 10.8. The van der Waals surface area contributed by atoms with E-state index in [9.17, 15) is 14.0 Å². The molecular formula is C25H32FN3O4. The van der Waals surface area contributed by atoms with Crippen molar-refractivity contribution in [1.82, 2.24) is 9.80 Å². The number of carbonyl (C=O) groups is 2. The van der Waals surface area contributed by atoms with E-state index in [0.29, 0.717) is 30.2 Å². The van der Waals surface area contributed by atoms with Gasteiger partial charge in [0.05, 0.1) is 17.2 Å². The minimum atomic E-state index is -0.613. The van der Waals surface area contributed by atoms with Crippen molar-refractivity contribution in [2.75, 3.05) is 46.2 Å². The third kappa shape index (κ3) is 5.89. The maximum atomic E-state index is 14.0. The van der Waals surface area contributed by atoms with E-state index in [0.717, 1.165) is 6.54 Å². The number of hydrogen-bond acceptors (Lipinski definition) is 5. The Labute approximate surface area is 194 Å². The van der Waals surface area contributed by atoms with Crippen LogP contribution in [0.3, 0.4) is 0 Å². The molecule has 1 N–H and O–H groups in total. The van der Waals surface area contributed by atoms with Crippen molar-refractivity contribution in [3.63, 3.8) is 0 Å². The number of amides is 2. The summed E-state index contributed by atoms with van der Waals surface area (Å²) in [5, 5.41) is 2.68. The Hall–Kier alpha value is -2.97. The van der Waals surface area contributed by atoms with Crippen LogP contribution in [0.15, 0.2) is 42.5 Å². The molecule has 1 aliphatic heterocycles. The number of nitrogens with one attached hydrogen (secondary N) is 1. The van der Waals surface area contributed by atoms with E-state index in [2.05, 4.69) is 24.1 Å². The Bertz CT molecular complexity index is 999. The maximum Gasteiger partial charge on any atom is 0.258 e. The molecule has 2 amide bonds. The highest BCUT2D eigenvalue weighted by Crippen LogP contribution is 2.26. The van der Waals surface area contributed by atoms with E-state index in [1.54, 1.807) is 43.3 Å². The van der Waals surface area contributed by atoms with E-state index in [4.69, 9.17) is 9.47 Å². The second-order valence-corrected chi connectivity index (χ2v) is 8.68.